The number of sulfonamides is 1. The Balaban J connectivity index is 2.33. The van der Waals surface area contributed by atoms with Crippen molar-refractivity contribution in [3.05, 3.63) is 0 Å². The topological polar surface area (TPSA) is 49.4 Å². The fraction of sp³-hybridized carbons (Fsp3) is 1.00. The van der Waals surface area contributed by atoms with Crippen LogP contribution < -0.4 is 4.72 Å². The summed E-state index contributed by atoms with van der Waals surface area (Å²) in [5, 5.41) is 0. The molecule has 1 rings (SSSR count). The van der Waals surface area contributed by atoms with Gasteiger partial charge in [0.2, 0.25) is 10.0 Å². The summed E-state index contributed by atoms with van der Waals surface area (Å²) in [6, 6.07) is 0. The Morgan fingerprint density at radius 2 is 1.75 bits per heavy atom. The van der Waals surface area contributed by atoms with E-state index >= 15 is 0 Å². The molecular formula is C11H24N2O2S. The van der Waals surface area contributed by atoms with Gasteiger partial charge in [0.15, 0.2) is 0 Å². The molecule has 0 aromatic heterocycles. The first-order chi connectivity index (χ1) is 7.18. The highest BCUT2D eigenvalue weighted by Crippen LogP contribution is 2.23. The van der Waals surface area contributed by atoms with Crippen molar-refractivity contribution in [1.29, 1.82) is 0 Å². The van der Waals surface area contributed by atoms with E-state index in [0.29, 0.717) is 12.5 Å². The smallest absolute Gasteiger partial charge is 0.208 e. The van der Waals surface area contributed by atoms with E-state index in [1.807, 2.05) is 0 Å². The first kappa shape index (κ1) is 13.9. The monoisotopic (exact) mass is 248 g/mol. The highest BCUT2D eigenvalue weighted by atomic mass is 32.2. The molecule has 1 N–H and O–H groups in total. The first-order valence-corrected chi connectivity index (χ1v) is 7.77. The molecule has 1 aliphatic heterocycles. The van der Waals surface area contributed by atoms with Crippen molar-refractivity contribution in [2.24, 2.45) is 5.92 Å². The minimum Gasteiger partial charge on any atom is -0.298 e. The van der Waals surface area contributed by atoms with E-state index in [1.165, 1.54) is 6.26 Å². The fourth-order valence-electron chi connectivity index (χ4n) is 2.08. The zero-order valence-corrected chi connectivity index (χ0v) is 11.6. The fourth-order valence-corrected chi connectivity index (χ4v) is 2.62. The van der Waals surface area contributed by atoms with E-state index in [0.717, 1.165) is 25.9 Å². The van der Waals surface area contributed by atoms with Crippen LogP contribution in [-0.2, 0) is 10.0 Å². The molecule has 96 valence electrons. The molecule has 0 amide bonds. The third kappa shape index (κ3) is 4.80. The summed E-state index contributed by atoms with van der Waals surface area (Å²) < 4.78 is 24.6. The van der Waals surface area contributed by atoms with E-state index in [4.69, 9.17) is 0 Å². The summed E-state index contributed by atoms with van der Waals surface area (Å²) in [5.74, 6) is 0.494. The van der Waals surface area contributed by atoms with Crippen LogP contribution in [0.3, 0.4) is 0 Å². The maximum atomic E-state index is 11.0. The molecule has 4 nitrogen and oxygen atoms in total. The standard InChI is InChI=1S/C11H24N2O2S/c1-11(2,3)13-7-5-10(6-8-13)9-12-16(4,14)15/h10,12H,5-9H2,1-4H3. The average Bonchev–Trinajstić information content (AvgIpc) is 2.13. The molecule has 0 unspecified atom stereocenters. The molecule has 0 spiro atoms. The van der Waals surface area contributed by atoms with E-state index in [-0.39, 0.29) is 5.54 Å². The minimum absolute atomic E-state index is 0.231. The molecule has 5 heteroatoms. The van der Waals surface area contributed by atoms with E-state index in [2.05, 4.69) is 30.4 Å². The molecule has 0 radical (unpaired) electrons. The average molecular weight is 248 g/mol. The number of nitrogens with one attached hydrogen (secondary N) is 1. The van der Waals surface area contributed by atoms with E-state index < -0.39 is 10.0 Å². The third-order valence-corrected chi connectivity index (χ3v) is 3.89. The van der Waals surface area contributed by atoms with Crippen molar-refractivity contribution in [2.75, 3.05) is 25.9 Å². The molecular weight excluding hydrogens is 224 g/mol. The van der Waals surface area contributed by atoms with Crippen LogP contribution in [0.25, 0.3) is 0 Å². The first-order valence-electron chi connectivity index (χ1n) is 5.88. The normalized spacial score (nSPS) is 21.2. The lowest BCUT2D eigenvalue weighted by Gasteiger charge is -2.40. The van der Waals surface area contributed by atoms with Crippen LogP contribution >= 0.6 is 0 Å². The third-order valence-electron chi connectivity index (χ3n) is 3.20. The number of likely N-dealkylation sites (tertiary alicyclic amines) is 1. The summed E-state index contributed by atoms with van der Waals surface area (Å²) in [5.41, 5.74) is 0.231. The second-order valence-corrected chi connectivity index (χ2v) is 7.55. The Morgan fingerprint density at radius 1 is 1.25 bits per heavy atom. The number of nitrogens with zero attached hydrogens (tertiary/aromatic N) is 1. The van der Waals surface area contributed by atoms with Gasteiger partial charge in [-0.2, -0.15) is 0 Å². The molecule has 0 aromatic rings. The number of rotatable bonds is 3. The number of piperidine rings is 1. The van der Waals surface area contributed by atoms with Crippen molar-refractivity contribution in [3.63, 3.8) is 0 Å². The lowest BCUT2D eigenvalue weighted by Crippen LogP contribution is -2.47. The van der Waals surface area contributed by atoms with Gasteiger partial charge in [0, 0.05) is 12.1 Å². The van der Waals surface area contributed by atoms with Gasteiger partial charge in [0.25, 0.3) is 0 Å². The minimum atomic E-state index is -3.03. The van der Waals surface area contributed by atoms with Crippen molar-refractivity contribution >= 4 is 10.0 Å². The van der Waals surface area contributed by atoms with Crippen molar-refractivity contribution in [3.8, 4) is 0 Å². The van der Waals surface area contributed by atoms with Crippen molar-refractivity contribution in [1.82, 2.24) is 9.62 Å². The van der Waals surface area contributed by atoms with Crippen molar-refractivity contribution < 1.29 is 8.42 Å². The van der Waals surface area contributed by atoms with Crippen molar-refractivity contribution in [2.45, 2.75) is 39.2 Å². The maximum absolute atomic E-state index is 11.0. The molecule has 0 atom stereocenters. The molecule has 1 saturated heterocycles. The summed E-state index contributed by atoms with van der Waals surface area (Å²) >= 11 is 0. The Hall–Kier alpha value is -0.130. The molecule has 16 heavy (non-hydrogen) atoms. The van der Waals surface area contributed by atoms with Crippen LogP contribution in [0.2, 0.25) is 0 Å². The molecule has 1 aliphatic rings. The van der Waals surface area contributed by atoms with E-state index in [9.17, 15) is 8.42 Å². The quantitative estimate of drug-likeness (QED) is 0.812. The van der Waals surface area contributed by atoms with Gasteiger partial charge in [-0.1, -0.05) is 0 Å². The van der Waals surface area contributed by atoms with Crippen LogP contribution in [0.15, 0.2) is 0 Å². The summed E-state index contributed by atoms with van der Waals surface area (Å²) in [7, 11) is -3.03. The SMILES string of the molecule is CC(C)(C)N1CCC(CNS(C)(=O)=O)CC1. The van der Waals surface area contributed by atoms with Crippen LogP contribution in [0.1, 0.15) is 33.6 Å². The molecule has 0 aliphatic carbocycles. The zero-order chi connectivity index (χ0) is 12.4. The second kappa shape index (κ2) is 5.02. The molecule has 1 fully saturated rings. The van der Waals surface area contributed by atoms with E-state index in [1.54, 1.807) is 0 Å². The van der Waals surface area contributed by atoms with Gasteiger partial charge in [-0.25, -0.2) is 13.1 Å². The molecule has 1 heterocycles. The zero-order valence-electron chi connectivity index (χ0n) is 10.8. The lowest BCUT2D eigenvalue weighted by atomic mass is 9.93. The predicted molar refractivity (Wildman–Crippen MR) is 66.9 cm³/mol. The van der Waals surface area contributed by atoms with Gasteiger partial charge in [-0.05, 0) is 52.6 Å². The predicted octanol–water partition coefficient (Wildman–Crippen LogP) is 1.05. The molecule has 0 bridgehead atoms. The Morgan fingerprint density at radius 3 is 2.12 bits per heavy atom. The summed E-state index contributed by atoms with van der Waals surface area (Å²) in [6.07, 6.45) is 3.39. The maximum Gasteiger partial charge on any atom is 0.208 e. The molecule has 0 aromatic carbocycles. The Labute approximate surface area is 99.5 Å². The lowest BCUT2D eigenvalue weighted by molar-refractivity contribution is 0.0886. The van der Waals surface area contributed by atoms with Gasteiger partial charge in [0.1, 0.15) is 0 Å². The van der Waals surface area contributed by atoms with Gasteiger partial charge in [-0.15, -0.1) is 0 Å². The largest absolute Gasteiger partial charge is 0.298 e. The number of hydrogen-bond donors (Lipinski definition) is 1. The second-order valence-electron chi connectivity index (χ2n) is 5.72. The van der Waals surface area contributed by atoms with Crippen LogP contribution in [0.4, 0.5) is 0 Å². The number of hydrogen-bond acceptors (Lipinski definition) is 3. The van der Waals surface area contributed by atoms with Gasteiger partial charge in [0.05, 0.1) is 6.26 Å². The summed E-state index contributed by atoms with van der Waals surface area (Å²) in [4.78, 5) is 2.46. The van der Waals surface area contributed by atoms with Crippen LogP contribution in [-0.4, -0.2) is 44.7 Å². The Kier molecular flexibility index (Phi) is 4.37. The highest BCUT2D eigenvalue weighted by Gasteiger charge is 2.26. The Bertz CT molecular complexity index is 311. The highest BCUT2D eigenvalue weighted by molar-refractivity contribution is 7.88. The van der Waals surface area contributed by atoms with Crippen LogP contribution in [0.5, 0.6) is 0 Å². The van der Waals surface area contributed by atoms with Gasteiger partial charge in [-0.3, -0.25) is 4.90 Å². The van der Waals surface area contributed by atoms with Gasteiger partial charge >= 0.3 is 0 Å². The summed E-state index contributed by atoms with van der Waals surface area (Å²) in [6.45, 7) is 9.41. The van der Waals surface area contributed by atoms with Gasteiger partial charge < -0.3 is 0 Å². The van der Waals surface area contributed by atoms with Crippen LogP contribution in [0, 0.1) is 5.92 Å². The molecule has 0 saturated carbocycles.